The molecule has 0 aliphatic rings. The number of aryl methyl sites for hydroxylation is 1. The second kappa shape index (κ2) is 12.6. The van der Waals surface area contributed by atoms with Gasteiger partial charge in [-0.05, 0) is 49.2 Å². The highest BCUT2D eigenvalue weighted by Gasteiger charge is 2.34. The lowest BCUT2D eigenvalue weighted by Gasteiger charge is -2.13. The Labute approximate surface area is 219 Å². The number of halogens is 3. The lowest BCUT2D eigenvalue weighted by Crippen LogP contribution is -2.10. The highest BCUT2D eigenvalue weighted by molar-refractivity contribution is 7.98. The number of anilines is 1. The first kappa shape index (κ1) is 27.9. The van der Waals surface area contributed by atoms with Gasteiger partial charge in [0.1, 0.15) is 22.5 Å². The van der Waals surface area contributed by atoms with Gasteiger partial charge in [-0.15, -0.1) is 23.1 Å². The average Bonchev–Trinajstić information content (AvgIpc) is 3.29. The molecule has 0 atom stereocenters. The summed E-state index contributed by atoms with van der Waals surface area (Å²) in [6.07, 6.45) is -3.00. The molecule has 0 amide bonds. The third kappa shape index (κ3) is 7.68. The molecule has 8 nitrogen and oxygen atoms in total. The molecular formula is C24H22F3N5O3S2. The van der Waals surface area contributed by atoms with Crippen molar-refractivity contribution in [3.8, 4) is 11.8 Å². The van der Waals surface area contributed by atoms with Crippen molar-refractivity contribution in [2.45, 2.75) is 37.2 Å². The zero-order chi connectivity index (χ0) is 27.0. The summed E-state index contributed by atoms with van der Waals surface area (Å²) in [5.41, 5.74) is 4.02. The summed E-state index contributed by atoms with van der Waals surface area (Å²) in [6.45, 7) is 3.49. The second-order valence-electron chi connectivity index (χ2n) is 7.47. The van der Waals surface area contributed by atoms with Gasteiger partial charge in [0.05, 0.1) is 37.6 Å². The number of carbonyl (C=O) groups is 1. The fourth-order valence-electron chi connectivity index (χ4n) is 3.13. The van der Waals surface area contributed by atoms with Crippen molar-refractivity contribution in [1.82, 2.24) is 9.97 Å². The Hall–Kier alpha value is -3.63. The van der Waals surface area contributed by atoms with Crippen LogP contribution in [0.2, 0.25) is 0 Å². The predicted octanol–water partition coefficient (Wildman–Crippen LogP) is 5.59. The minimum Gasteiger partial charge on any atom is -0.496 e. The van der Waals surface area contributed by atoms with Crippen LogP contribution < -0.4 is 10.2 Å². The van der Waals surface area contributed by atoms with Gasteiger partial charge in [-0.25, -0.2) is 9.97 Å². The smallest absolute Gasteiger partial charge is 0.433 e. The SMILES string of the molecule is CCOC(=O)Cc1csc(NN=Cc2ccc(OC)c(CSc3nc(C(F)(F)F)cc(C)c3C#N)c2)n1. The predicted molar refractivity (Wildman–Crippen MR) is 135 cm³/mol. The first-order chi connectivity index (χ1) is 17.6. The molecule has 1 N–H and O–H groups in total. The average molecular weight is 550 g/mol. The van der Waals surface area contributed by atoms with Crippen molar-refractivity contribution < 1.29 is 27.4 Å². The first-order valence-corrected chi connectivity index (χ1v) is 12.7. The second-order valence-corrected chi connectivity index (χ2v) is 9.29. The Balaban J connectivity index is 1.73. The van der Waals surface area contributed by atoms with Crippen LogP contribution in [0.1, 0.15) is 40.6 Å². The summed E-state index contributed by atoms with van der Waals surface area (Å²) in [4.78, 5) is 19.5. The van der Waals surface area contributed by atoms with Crippen LogP contribution in [-0.4, -0.2) is 35.9 Å². The molecule has 0 spiro atoms. The molecular weight excluding hydrogens is 527 g/mol. The molecule has 0 unspecified atom stereocenters. The van der Waals surface area contributed by atoms with Crippen molar-refractivity contribution >= 4 is 40.4 Å². The number of alkyl halides is 3. The Kier molecular flexibility index (Phi) is 9.48. The molecule has 194 valence electrons. The number of benzene rings is 1. The topological polar surface area (TPSA) is 109 Å². The lowest BCUT2D eigenvalue weighted by atomic mass is 10.1. The van der Waals surface area contributed by atoms with E-state index in [0.29, 0.717) is 34.3 Å². The number of hydrogen-bond donors (Lipinski definition) is 1. The number of rotatable bonds is 10. The number of ether oxygens (including phenoxy) is 2. The maximum atomic E-state index is 13.2. The molecule has 3 rings (SSSR count). The molecule has 0 saturated carbocycles. The number of thioether (sulfide) groups is 1. The molecule has 0 fully saturated rings. The maximum absolute atomic E-state index is 13.2. The van der Waals surface area contributed by atoms with Gasteiger partial charge in [-0.1, -0.05) is 0 Å². The van der Waals surface area contributed by atoms with Crippen molar-refractivity contribution in [2.75, 3.05) is 19.1 Å². The normalized spacial score (nSPS) is 11.4. The minimum absolute atomic E-state index is 0.00000665. The van der Waals surface area contributed by atoms with E-state index in [2.05, 4.69) is 20.5 Å². The van der Waals surface area contributed by atoms with Crippen molar-refractivity contribution in [3.05, 3.63) is 63.3 Å². The summed E-state index contributed by atoms with van der Waals surface area (Å²) in [6, 6.07) is 8.06. The summed E-state index contributed by atoms with van der Waals surface area (Å²) in [5.74, 6) is 0.386. The number of methoxy groups -OCH3 is 1. The Morgan fingerprint density at radius 2 is 2.11 bits per heavy atom. The number of carbonyl (C=O) groups excluding carboxylic acids is 1. The van der Waals surface area contributed by atoms with Gasteiger partial charge >= 0.3 is 12.1 Å². The van der Waals surface area contributed by atoms with E-state index in [0.717, 1.165) is 17.8 Å². The lowest BCUT2D eigenvalue weighted by molar-refractivity contribution is -0.142. The molecule has 3 aromatic rings. The number of hydrazone groups is 1. The van der Waals surface area contributed by atoms with Gasteiger partial charge in [0, 0.05) is 16.7 Å². The number of thiazole rings is 1. The van der Waals surface area contributed by atoms with E-state index >= 15 is 0 Å². The molecule has 2 heterocycles. The van der Waals surface area contributed by atoms with Crippen LogP contribution in [0.4, 0.5) is 18.3 Å². The number of hydrogen-bond acceptors (Lipinski definition) is 10. The van der Waals surface area contributed by atoms with Crippen LogP contribution >= 0.6 is 23.1 Å². The first-order valence-electron chi connectivity index (χ1n) is 10.8. The molecule has 1 aromatic carbocycles. The molecule has 0 radical (unpaired) electrons. The minimum atomic E-state index is -4.62. The van der Waals surface area contributed by atoms with Crippen LogP contribution in [0.15, 0.2) is 39.8 Å². The Morgan fingerprint density at radius 3 is 2.78 bits per heavy atom. The number of esters is 1. The fraction of sp³-hybridized carbons (Fsp3) is 0.292. The largest absolute Gasteiger partial charge is 0.496 e. The molecule has 37 heavy (non-hydrogen) atoms. The van der Waals surface area contributed by atoms with Gasteiger partial charge in [0.2, 0.25) is 5.13 Å². The molecule has 0 aliphatic carbocycles. The Morgan fingerprint density at radius 1 is 1.32 bits per heavy atom. The van der Waals surface area contributed by atoms with Gasteiger partial charge in [-0.2, -0.15) is 23.5 Å². The third-order valence-electron chi connectivity index (χ3n) is 4.81. The summed E-state index contributed by atoms with van der Waals surface area (Å²) < 4.78 is 50.0. The van der Waals surface area contributed by atoms with Gasteiger partial charge in [-0.3, -0.25) is 10.2 Å². The number of pyridine rings is 1. The van der Waals surface area contributed by atoms with Gasteiger partial charge in [0.25, 0.3) is 0 Å². The highest BCUT2D eigenvalue weighted by Crippen LogP contribution is 2.35. The van der Waals surface area contributed by atoms with E-state index < -0.39 is 11.9 Å². The van der Waals surface area contributed by atoms with Crippen LogP contribution in [0, 0.1) is 18.3 Å². The van der Waals surface area contributed by atoms with Crippen LogP contribution in [0.25, 0.3) is 0 Å². The van der Waals surface area contributed by atoms with Crippen molar-refractivity contribution in [1.29, 1.82) is 5.26 Å². The van der Waals surface area contributed by atoms with E-state index in [1.165, 1.54) is 25.4 Å². The van der Waals surface area contributed by atoms with Gasteiger partial charge < -0.3 is 9.47 Å². The van der Waals surface area contributed by atoms with E-state index in [1.807, 2.05) is 6.07 Å². The van der Waals surface area contributed by atoms with Crippen LogP contribution in [-0.2, 0) is 27.9 Å². The van der Waals surface area contributed by atoms with E-state index in [-0.39, 0.29) is 34.3 Å². The standard InChI is InChI=1S/C24H22F3N5O3S2/c1-4-35-21(33)9-17-13-37-23(30-17)32-29-11-15-5-6-19(34-3)16(8-15)12-36-22-18(10-28)14(2)7-20(31-22)24(25,26)27/h5-8,11,13H,4,9,12H2,1-3H3,(H,30,32). The van der Waals surface area contributed by atoms with Crippen LogP contribution in [0.5, 0.6) is 5.75 Å². The third-order valence-corrected chi connectivity index (χ3v) is 6.63. The van der Waals surface area contributed by atoms with Gasteiger partial charge in [0.15, 0.2) is 0 Å². The van der Waals surface area contributed by atoms with E-state index in [9.17, 15) is 23.2 Å². The molecule has 0 saturated heterocycles. The number of nitrogens with one attached hydrogen (secondary N) is 1. The fourth-order valence-corrected chi connectivity index (χ4v) is 4.82. The van der Waals surface area contributed by atoms with E-state index in [4.69, 9.17) is 9.47 Å². The number of nitriles is 1. The summed E-state index contributed by atoms with van der Waals surface area (Å²) >= 11 is 2.31. The number of nitrogens with zero attached hydrogens (tertiary/aromatic N) is 4. The zero-order valence-corrected chi connectivity index (χ0v) is 21.7. The molecule has 0 bridgehead atoms. The van der Waals surface area contributed by atoms with E-state index in [1.54, 1.807) is 36.7 Å². The molecule has 13 heteroatoms. The van der Waals surface area contributed by atoms with Crippen molar-refractivity contribution in [3.63, 3.8) is 0 Å². The quantitative estimate of drug-likeness (QED) is 0.151. The monoisotopic (exact) mass is 549 g/mol. The Bertz CT molecular complexity index is 1340. The van der Waals surface area contributed by atoms with Crippen LogP contribution in [0.3, 0.4) is 0 Å². The zero-order valence-electron chi connectivity index (χ0n) is 20.0. The molecule has 0 aliphatic heterocycles. The maximum Gasteiger partial charge on any atom is 0.433 e. The summed E-state index contributed by atoms with van der Waals surface area (Å²) in [5, 5.41) is 15.8. The summed E-state index contributed by atoms with van der Waals surface area (Å²) in [7, 11) is 1.49. The number of aromatic nitrogens is 2. The highest BCUT2D eigenvalue weighted by atomic mass is 32.2. The van der Waals surface area contributed by atoms with Crippen molar-refractivity contribution in [2.24, 2.45) is 5.10 Å². The molecule has 2 aromatic heterocycles.